The first-order valence-electron chi connectivity index (χ1n) is 10.4. The number of rotatable bonds is 7. The van der Waals surface area contributed by atoms with Crippen LogP contribution in [0, 0.1) is 0 Å². The fourth-order valence-corrected chi connectivity index (χ4v) is 5.46. The Morgan fingerprint density at radius 2 is 2.09 bits per heavy atom. The quantitative estimate of drug-likeness (QED) is 0.421. The Kier molecular flexibility index (Phi) is 7.49. The number of aliphatic hydroxyl groups excluding tert-OH is 1. The van der Waals surface area contributed by atoms with Gasteiger partial charge >= 0.3 is 0 Å². The third-order valence-electron chi connectivity index (χ3n) is 5.54. The van der Waals surface area contributed by atoms with E-state index in [1.807, 2.05) is 0 Å². The molecule has 3 rings (SSSR count). The standard InChI is InChI=1S/C20H28N4O7S/c1-2-14-15(24-9-10-31-12-17(24)26)6-3-7-16(14)32(29,30)22-18(19(21)27)20(28)23-8-4-5-13(25)11-23/h3,6-7,13,18,22,25H,2,4-5,8-12H2,1H3,(H2,21,27)/t13-,18-/m0/s1. The van der Waals surface area contributed by atoms with Gasteiger partial charge < -0.3 is 25.4 Å². The first kappa shape index (κ1) is 24.1. The second-order valence-electron chi connectivity index (χ2n) is 7.74. The van der Waals surface area contributed by atoms with Crippen molar-refractivity contribution in [2.24, 2.45) is 5.73 Å². The Morgan fingerprint density at radius 3 is 2.72 bits per heavy atom. The van der Waals surface area contributed by atoms with Crippen LogP contribution in [0.4, 0.5) is 5.69 Å². The number of aliphatic hydroxyl groups is 1. The Bertz CT molecular complexity index is 998. The van der Waals surface area contributed by atoms with Crippen LogP contribution in [0.3, 0.4) is 0 Å². The summed E-state index contributed by atoms with van der Waals surface area (Å²) in [6, 6.07) is 2.67. The predicted octanol–water partition coefficient (Wildman–Crippen LogP) is -1.27. The van der Waals surface area contributed by atoms with Crippen LogP contribution in [0.5, 0.6) is 0 Å². The number of carbonyl (C=O) groups is 3. The molecule has 1 aromatic rings. The number of carbonyl (C=O) groups excluding carboxylic acids is 3. The van der Waals surface area contributed by atoms with E-state index < -0.39 is 34.0 Å². The zero-order chi connectivity index (χ0) is 23.5. The van der Waals surface area contributed by atoms with Crippen LogP contribution in [0.25, 0.3) is 0 Å². The molecule has 2 saturated heterocycles. The molecular formula is C20H28N4O7S. The monoisotopic (exact) mass is 468 g/mol. The van der Waals surface area contributed by atoms with Gasteiger partial charge in [0.05, 0.1) is 17.6 Å². The van der Waals surface area contributed by atoms with E-state index in [0.717, 1.165) is 0 Å². The van der Waals surface area contributed by atoms with Gasteiger partial charge in [-0.15, -0.1) is 0 Å². The number of morpholine rings is 1. The number of piperidine rings is 1. The number of benzene rings is 1. The van der Waals surface area contributed by atoms with E-state index in [1.54, 1.807) is 13.0 Å². The summed E-state index contributed by atoms with van der Waals surface area (Å²) >= 11 is 0. The van der Waals surface area contributed by atoms with E-state index >= 15 is 0 Å². The van der Waals surface area contributed by atoms with Gasteiger partial charge in [-0.3, -0.25) is 14.4 Å². The lowest BCUT2D eigenvalue weighted by atomic mass is 10.1. The van der Waals surface area contributed by atoms with Crippen LogP contribution in [-0.4, -0.2) is 81.1 Å². The van der Waals surface area contributed by atoms with Gasteiger partial charge in [0.2, 0.25) is 15.9 Å². The van der Waals surface area contributed by atoms with Gasteiger partial charge in [-0.25, -0.2) is 8.42 Å². The molecule has 2 aliphatic heterocycles. The molecule has 0 radical (unpaired) electrons. The fraction of sp³-hybridized carbons (Fsp3) is 0.550. The lowest BCUT2D eigenvalue weighted by molar-refractivity contribution is -0.140. The number of nitrogens with one attached hydrogen (secondary N) is 1. The first-order valence-corrected chi connectivity index (χ1v) is 11.9. The molecule has 0 bridgehead atoms. The number of amides is 3. The van der Waals surface area contributed by atoms with Crippen LogP contribution >= 0.6 is 0 Å². The fourth-order valence-electron chi connectivity index (χ4n) is 3.97. The number of ether oxygens (including phenoxy) is 1. The summed E-state index contributed by atoms with van der Waals surface area (Å²) in [7, 11) is -4.35. The second-order valence-corrected chi connectivity index (χ2v) is 9.42. The van der Waals surface area contributed by atoms with Crippen molar-refractivity contribution in [3.05, 3.63) is 23.8 Å². The molecule has 0 saturated carbocycles. The highest BCUT2D eigenvalue weighted by Crippen LogP contribution is 2.29. The first-order chi connectivity index (χ1) is 15.2. The number of β-amino-alcohol motifs (C(OH)–C–C–N with tert-alkyl or cyclic N) is 1. The van der Waals surface area contributed by atoms with Crippen LogP contribution < -0.4 is 15.4 Å². The van der Waals surface area contributed by atoms with Crippen molar-refractivity contribution >= 4 is 33.4 Å². The maximum absolute atomic E-state index is 13.2. The summed E-state index contributed by atoms with van der Waals surface area (Å²) in [5.74, 6) is -2.24. The maximum Gasteiger partial charge on any atom is 0.253 e. The van der Waals surface area contributed by atoms with Gasteiger partial charge in [0, 0.05) is 25.3 Å². The highest BCUT2D eigenvalue weighted by atomic mass is 32.2. The van der Waals surface area contributed by atoms with Crippen molar-refractivity contribution in [2.75, 3.05) is 37.7 Å². The molecule has 2 aliphatic rings. The van der Waals surface area contributed by atoms with Gasteiger partial charge in [0.15, 0.2) is 6.04 Å². The van der Waals surface area contributed by atoms with E-state index in [0.29, 0.717) is 30.7 Å². The number of primary amides is 1. The van der Waals surface area contributed by atoms with Gasteiger partial charge in [-0.1, -0.05) is 13.0 Å². The van der Waals surface area contributed by atoms with Crippen LogP contribution in [0.2, 0.25) is 0 Å². The lowest BCUT2D eigenvalue weighted by Gasteiger charge is -2.32. The molecule has 1 aromatic carbocycles. The molecular weight excluding hydrogens is 440 g/mol. The van der Waals surface area contributed by atoms with E-state index in [1.165, 1.54) is 21.9 Å². The van der Waals surface area contributed by atoms with Crippen LogP contribution in [0.1, 0.15) is 25.3 Å². The molecule has 2 heterocycles. The smallest absolute Gasteiger partial charge is 0.253 e. The topological polar surface area (TPSA) is 159 Å². The number of hydrogen-bond acceptors (Lipinski definition) is 7. The normalized spacial score (nSPS) is 20.8. The van der Waals surface area contributed by atoms with Crippen molar-refractivity contribution in [3.8, 4) is 0 Å². The van der Waals surface area contributed by atoms with E-state index in [2.05, 4.69) is 4.72 Å². The van der Waals surface area contributed by atoms with Crippen molar-refractivity contribution in [1.82, 2.24) is 9.62 Å². The van der Waals surface area contributed by atoms with Crippen molar-refractivity contribution in [3.63, 3.8) is 0 Å². The summed E-state index contributed by atoms with van der Waals surface area (Å²) in [6.45, 7) is 2.54. The maximum atomic E-state index is 13.2. The van der Waals surface area contributed by atoms with Crippen LogP contribution in [-0.2, 0) is 35.6 Å². The molecule has 4 N–H and O–H groups in total. The average molecular weight is 469 g/mol. The molecule has 0 spiro atoms. The highest BCUT2D eigenvalue weighted by Gasteiger charge is 2.36. The summed E-state index contributed by atoms with van der Waals surface area (Å²) < 4.78 is 33.7. The summed E-state index contributed by atoms with van der Waals surface area (Å²) in [6.07, 6.45) is 0.585. The number of nitrogens with zero attached hydrogens (tertiary/aromatic N) is 2. The molecule has 2 atom stereocenters. The molecule has 3 amide bonds. The summed E-state index contributed by atoms with van der Waals surface area (Å²) in [5, 5.41) is 9.81. The lowest BCUT2D eigenvalue weighted by Crippen LogP contribution is -2.57. The van der Waals surface area contributed by atoms with E-state index in [4.69, 9.17) is 10.5 Å². The van der Waals surface area contributed by atoms with Gasteiger partial charge in [-0.05, 0) is 37.0 Å². The molecule has 0 unspecified atom stereocenters. The summed E-state index contributed by atoms with van der Waals surface area (Å²) in [5.41, 5.74) is 6.17. The molecule has 11 nitrogen and oxygen atoms in total. The minimum Gasteiger partial charge on any atom is -0.391 e. The predicted molar refractivity (Wildman–Crippen MR) is 114 cm³/mol. The third-order valence-corrected chi connectivity index (χ3v) is 7.05. The molecule has 2 fully saturated rings. The molecule has 0 aromatic heterocycles. The van der Waals surface area contributed by atoms with Gasteiger partial charge in [0.1, 0.15) is 6.61 Å². The minimum atomic E-state index is -4.35. The molecule has 0 aliphatic carbocycles. The second kappa shape index (κ2) is 9.94. The van der Waals surface area contributed by atoms with Gasteiger partial charge in [-0.2, -0.15) is 4.72 Å². The average Bonchev–Trinajstić information content (AvgIpc) is 2.76. The van der Waals surface area contributed by atoms with Crippen molar-refractivity contribution in [2.45, 2.75) is 43.2 Å². The Morgan fingerprint density at radius 1 is 1.34 bits per heavy atom. The minimum absolute atomic E-state index is 0.000815. The van der Waals surface area contributed by atoms with Crippen molar-refractivity contribution < 1.29 is 32.6 Å². The number of likely N-dealkylation sites (tertiary alicyclic amines) is 1. The third kappa shape index (κ3) is 5.09. The van der Waals surface area contributed by atoms with Crippen LogP contribution in [0.15, 0.2) is 23.1 Å². The molecule has 12 heteroatoms. The largest absolute Gasteiger partial charge is 0.391 e. The number of hydrogen-bond donors (Lipinski definition) is 3. The Labute approximate surface area is 186 Å². The number of anilines is 1. The Balaban J connectivity index is 1.92. The zero-order valence-corrected chi connectivity index (χ0v) is 18.6. The van der Waals surface area contributed by atoms with E-state index in [9.17, 15) is 27.9 Å². The summed E-state index contributed by atoms with van der Waals surface area (Å²) in [4.78, 5) is 39.7. The number of nitrogens with two attached hydrogens (primary N) is 1. The molecule has 32 heavy (non-hydrogen) atoms. The SMILES string of the molecule is CCc1c(N2CCOCC2=O)cccc1S(=O)(=O)N[C@@H](C(N)=O)C(=O)N1CCC[C@H](O)C1. The van der Waals surface area contributed by atoms with E-state index in [-0.39, 0.29) is 43.5 Å². The zero-order valence-electron chi connectivity index (χ0n) is 17.8. The number of sulfonamides is 1. The van der Waals surface area contributed by atoms with Gasteiger partial charge in [0.25, 0.3) is 11.8 Å². The van der Waals surface area contributed by atoms with Crippen molar-refractivity contribution in [1.29, 1.82) is 0 Å². The highest BCUT2D eigenvalue weighted by molar-refractivity contribution is 7.89. The Hall–Kier alpha value is -2.54. The molecule has 176 valence electrons.